The van der Waals surface area contributed by atoms with E-state index in [-0.39, 0.29) is 53.1 Å². The summed E-state index contributed by atoms with van der Waals surface area (Å²) in [6, 6.07) is 28.6. The van der Waals surface area contributed by atoms with Gasteiger partial charge >= 0.3 is 0 Å². The normalized spacial score (nSPS) is 11.2. The topological polar surface area (TPSA) is 142 Å². The number of hydrogen-bond acceptors (Lipinski definition) is 7. The fourth-order valence-corrected chi connectivity index (χ4v) is 5.85. The summed E-state index contributed by atoms with van der Waals surface area (Å²) >= 11 is 0. The molecule has 0 saturated heterocycles. The van der Waals surface area contributed by atoms with Crippen LogP contribution in [0.5, 0.6) is 40.2 Å². The molecule has 45 heavy (non-hydrogen) atoms. The molecule has 0 aromatic heterocycles. The van der Waals surface area contributed by atoms with E-state index >= 15 is 0 Å². The summed E-state index contributed by atoms with van der Waals surface area (Å²) < 4.78 is 0. The van der Waals surface area contributed by atoms with E-state index in [0.717, 1.165) is 27.8 Å². The van der Waals surface area contributed by atoms with Gasteiger partial charge in [0.1, 0.15) is 28.7 Å². The van der Waals surface area contributed by atoms with E-state index in [1.54, 1.807) is 97.1 Å². The summed E-state index contributed by atoms with van der Waals surface area (Å²) in [4.78, 5) is 0. The second-order valence-corrected chi connectivity index (χ2v) is 11.3. The highest BCUT2D eigenvalue weighted by atomic mass is 16.3. The fourth-order valence-electron chi connectivity index (χ4n) is 5.85. The SMILES string of the molecule is Oc1ccc(Cc2cc3c(Cc4ccc(O)cc4)c(Cc4ccc(O)cc4)c(O)c(Cc4ccc(O)cc4)c3c(O)c2O)cc1. The van der Waals surface area contributed by atoms with Gasteiger partial charge in [0.15, 0.2) is 11.5 Å². The smallest absolute Gasteiger partial charge is 0.166 e. The van der Waals surface area contributed by atoms with E-state index in [9.17, 15) is 35.7 Å². The second-order valence-electron chi connectivity index (χ2n) is 11.3. The van der Waals surface area contributed by atoms with Gasteiger partial charge in [0.05, 0.1) is 0 Å². The van der Waals surface area contributed by atoms with Gasteiger partial charge in [0.2, 0.25) is 0 Å². The molecule has 0 fully saturated rings. The average molecular weight is 601 g/mol. The molecular formula is C38H32O7. The number of rotatable bonds is 8. The lowest BCUT2D eigenvalue weighted by Crippen LogP contribution is -2.05. The molecule has 0 aliphatic heterocycles. The van der Waals surface area contributed by atoms with E-state index in [2.05, 4.69) is 0 Å². The van der Waals surface area contributed by atoms with Crippen LogP contribution in [0.25, 0.3) is 10.8 Å². The molecule has 0 heterocycles. The first-order valence-corrected chi connectivity index (χ1v) is 14.5. The summed E-state index contributed by atoms with van der Waals surface area (Å²) in [6.45, 7) is 0. The molecule has 6 aromatic carbocycles. The van der Waals surface area contributed by atoms with E-state index in [1.165, 1.54) is 0 Å². The van der Waals surface area contributed by atoms with Crippen LogP contribution in [0.15, 0.2) is 103 Å². The molecule has 0 atom stereocenters. The van der Waals surface area contributed by atoms with Crippen molar-refractivity contribution in [1.82, 2.24) is 0 Å². The molecule has 7 heteroatoms. The van der Waals surface area contributed by atoms with Gasteiger partial charge in [-0.05, 0) is 94.2 Å². The molecular weight excluding hydrogens is 568 g/mol. The molecule has 6 rings (SSSR count). The Morgan fingerprint density at radius 1 is 0.333 bits per heavy atom. The van der Waals surface area contributed by atoms with Crippen molar-refractivity contribution in [1.29, 1.82) is 0 Å². The Morgan fingerprint density at radius 3 is 1.11 bits per heavy atom. The van der Waals surface area contributed by atoms with Crippen LogP contribution in [-0.2, 0) is 25.7 Å². The number of aromatic hydroxyl groups is 7. The van der Waals surface area contributed by atoms with Gasteiger partial charge in [-0.25, -0.2) is 0 Å². The van der Waals surface area contributed by atoms with Crippen molar-refractivity contribution in [3.8, 4) is 40.2 Å². The molecule has 0 saturated carbocycles. The minimum atomic E-state index is -0.353. The predicted octanol–water partition coefficient (Wildman–Crippen LogP) is 7.14. The minimum Gasteiger partial charge on any atom is -0.508 e. The van der Waals surface area contributed by atoms with Crippen molar-refractivity contribution in [2.45, 2.75) is 25.7 Å². The number of benzene rings is 6. The Labute approximate surface area is 259 Å². The second kappa shape index (κ2) is 12.1. The molecule has 0 spiro atoms. The summed E-state index contributed by atoms with van der Waals surface area (Å²) in [7, 11) is 0. The Hall–Kier alpha value is -5.82. The first-order valence-electron chi connectivity index (χ1n) is 14.5. The Kier molecular flexibility index (Phi) is 7.84. The molecule has 7 N–H and O–H groups in total. The van der Waals surface area contributed by atoms with E-state index in [0.29, 0.717) is 40.3 Å². The molecule has 0 bridgehead atoms. The summed E-state index contributed by atoms with van der Waals surface area (Å²) in [5.41, 5.74) is 5.54. The van der Waals surface area contributed by atoms with Crippen molar-refractivity contribution < 1.29 is 35.7 Å². The Balaban J connectivity index is 1.63. The minimum absolute atomic E-state index is 0.0292. The Bertz CT molecular complexity index is 1980. The van der Waals surface area contributed by atoms with Crippen molar-refractivity contribution in [3.05, 3.63) is 148 Å². The van der Waals surface area contributed by atoms with Crippen LogP contribution in [0.4, 0.5) is 0 Å². The van der Waals surface area contributed by atoms with Gasteiger partial charge in [-0.1, -0.05) is 48.5 Å². The molecule has 0 aliphatic carbocycles. The van der Waals surface area contributed by atoms with Gasteiger partial charge in [-0.15, -0.1) is 0 Å². The van der Waals surface area contributed by atoms with E-state index in [4.69, 9.17) is 0 Å². The van der Waals surface area contributed by atoms with Crippen LogP contribution in [0.1, 0.15) is 44.5 Å². The molecule has 7 nitrogen and oxygen atoms in total. The lowest BCUT2D eigenvalue weighted by atomic mass is 9.83. The summed E-state index contributed by atoms with van der Waals surface area (Å²) in [5.74, 6) is -0.217. The fraction of sp³-hybridized carbons (Fsp3) is 0.105. The van der Waals surface area contributed by atoms with Gasteiger partial charge in [-0.3, -0.25) is 0 Å². The first-order chi connectivity index (χ1) is 21.7. The van der Waals surface area contributed by atoms with Crippen molar-refractivity contribution in [3.63, 3.8) is 0 Å². The van der Waals surface area contributed by atoms with Crippen molar-refractivity contribution in [2.75, 3.05) is 0 Å². The maximum Gasteiger partial charge on any atom is 0.166 e. The lowest BCUT2D eigenvalue weighted by Gasteiger charge is -2.22. The highest BCUT2D eigenvalue weighted by Crippen LogP contribution is 2.47. The Morgan fingerprint density at radius 2 is 0.689 bits per heavy atom. The van der Waals surface area contributed by atoms with E-state index in [1.807, 2.05) is 6.07 Å². The van der Waals surface area contributed by atoms with Crippen molar-refractivity contribution in [2.24, 2.45) is 0 Å². The van der Waals surface area contributed by atoms with E-state index < -0.39 is 0 Å². The molecule has 0 unspecified atom stereocenters. The highest BCUT2D eigenvalue weighted by molar-refractivity contribution is 5.99. The van der Waals surface area contributed by atoms with Crippen molar-refractivity contribution >= 4 is 10.8 Å². The number of phenols is 7. The lowest BCUT2D eigenvalue weighted by molar-refractivity contribution is 0.404. The zero-order valence-electron chi connectivity index (χ0n) is 24.3. The summed E-state index contributed by atoms with van der Waals surface area (Å²) in [6.07, 6.45) is 1.14. The van der Waals surface area contributed by atoms with Gasteiger partial charge in [0.25, 0.3) is 0 Å². The molecule has 0 aliphatic rings. The van der Waals surface area contributed by atoms with Crippen LogP contribution < -0.4 is 0 Å². The third-order valence-electron chi connectivity index (χ3n) is 8.20. The third kappa shape index (κ3) is 6.15. The number of phenolic OH excluding ortho intramolecular Hbond substituents is 7. The largest absolute Gasteiger partial charge is 0.508 e. The maximum atomic E-state index is 12.0. The van der Waals surface area contributed by atoms with Gasteiger partial charge in [0, 0.05) is 41.3 Å². The highest BCUT2D eigenvalue weighted by Gasteiger charge is 2.25. The maximum absolute atomic E-state index is 12.0. The zero-order chi connectivity index (χ0) is 31.7. The van der Waals surface area contributed by atoms with Crippen LogP contribution in [0.3, 0.4) is 0 Å². The van der Waals surface area contributed by atoms with Gasteiger partial charge in [-0.2, -0.15) is 0 Å². The van der Waals surface area contributed by atoms with Crippen LogP contribution in [-0.4, -0.2) is 35.7 Å². The number of fused-ring (bicyclic) bond motifs is 1. The molecule has 6 aromatic rings. The van der Waals surface area contributed by atoms with Crippen LogP contribution in [0.2, 0.25) is 0 Å². The molecule has 0 radical (unpaired) electrons. The quantitative estimate of drug-likeness (QED) is 0.0921. The zero-order valence-corrected chi connectivity index (χ0v) is 24.3. The van der Waals surface area contributed by atoms with Crippen LogP contribution >= 0.6 is 0 Å². The standard InChI is InChI=1S/C38H32O7/c39-27-9-1-22(2-10-27)17-26-21-32-31(18-23-3-11-28(40)12-4-23)33(19-24-5-13-29(41)14-6-24)37(44)34(35(32)38(45)36(26)43)20-25-7-15-30(42)16-8-25/h1-16,21,39-45H,17-20H2. The predicted molar refractivity (Wildman–Crippen MR) is 173 cm³/mol. The molecule has 0 amide bonds. The van der Waals surface area contributed by atoms with Gasteiger partial charge < -0.3 is 35.7 Å². The number of hydrogen-bond donors (Lipinski definition) is 7. The molecule has 226 valence electrons. The monoisotopic (exact) mass is 600 g/mol. The third-order valence-corrected chi connectivity index (χ3v) is 8.20. The van der Waals surface area contributed by atoms with Crippen LogP contribution in [0, 0.1) is 0 Å². The summed E-state index contributed by atoms with van der Waals surface area (Å²) in [5, 5.41) is 75.3. The average Bonchev–Trinajstić information content (AvgIpc) is 3.03. The first kappa shape index (κ1) is 29.3.